The second kappa shape index (κ2) is 38.8. The Morgan fingerprint density at radius 3 is 1.68 bits per heavy atom. The maximum absolute atomic E-state index is 12.7. The highest BCUT2D eigenvalue weighted by Gasteiger charge is 2.44. The lowest BCUT2D eigenvalue weighted by Gasteiger charge is -2.39. The average Bonchev–Trinajstić information content (AvgIpc) is 3.23. The van der Waals surface area contributed by atoms with Crippen molar-refractivity contribution in [2.75, 3.05) is 19.8 Å². The van der Waals surface area contributed by atoms with Gasteiger partial charge in [0.15, 0.2) is 12.4 Å². The first-order valence-electron chi connectivity index (χ1n) is 22.4. The first-order valence-corrected chi connectivity index (χ1v) is 22.4. The van der Waals surface area contributed by atoms with Crippen LogP contribution in [0.1, 0.15) is 149 Å². The Labute approximate surface area is 356 Å². The van der Waals surface area contributed by atoms with Gasteiger partial charge in [-0.05, 0) is 89.2 Å². The van der Waals surface area contributed by atoms with Crippen molar-refractivity contribution in [2.45, 2.75) is 185 Å². The van der Waals surface area contributed by atoms with E-state index in [0.717, 1.165) is 77.0 Å². The maximum atomic E-state index is 12.7. The zero-order valence-electron chi connectivity index (χ0n) is 36.3. The Balaban J connectivity index is 2.42. The van der Waals surface area contributed by atoms with Gasteiger partial charge in [0, 0.05) is 12.8 Å². The number of carbonyl (C=O) groups excluding carboxylic acids is 2. The molecule has 10 heteroatoms. The molecule has 0 aromatic rings. The first-order chi connectivity index (χ1) is 28.8. The molecule has 4 N–H and O–H groups in total. The summed E-state index contributed by atoms with van der Waals surface area (Å²) < 4.78 is 22.0. The van der Waals surface area contributed by atoms with Crippen LogP contribution in [-0.2, 0) is 28.5 Å². The predicted molar refractivity (Wildman–Crippen MR) is 236 cm³/mol. The van der Waals surface area contributed by atoms with Gasteiger partial charge < -0.3 is 39.4 Å². The van der Waals surface area contributed by atoms with Crippen molar-refractivity contribution in [3.63, 3.8) is 0 Å². The van der Waals surface area contributed by atoms with E-state index < -0.39 is 55.4 Å². The summed E-state index contributed by atoms with van der Waals surface area (Å²) in [5.41, 5.74) is 3.29. The van der Waals surface area contributed by atoms with Crippen LogP contribution in [0.3, 0.4) is 0 Å². The molecule has 0 saturated carbocycles. The molecule has 1 rings (SSSR count). The second-order valence-corrected chi connectivity index (χ2v) is 14.9. The molecule has 0 aromatic heterocycles. The van der Waals surface area contributed by atoms with E-state index in [1.807, 2.05) is 12.2 Å². The molecule has 59 heavy (non-hydrogen) atoms. The Morgan fingerprint density at radius 2 is 1.12 bits per heavy atom. The van der Waals surface area contributed by atoms with Gasteiger partial charge in [0.25, 0.3) is 0 Å². The summed E-state index contributed by atoms with van der Waals surface area (Å²) in [4.78, 5) is 25.3. The smallest absolute Gasteiger partial charge is 0.306 e. The monoisotopic (exact) mass is 827 g/mol. The SMILES string of the molecule is CC/C=C/C/C=C/C/C=C/C/C=C/C/C=C/C/C=C/CCC(=O)O[C@H](COC(=O)CCCCCCCC=C=CCCCCCCC)CO[C@@H]1O[C@H](CO)[C@H](O)C(O)C1O. The Kier molecular flexibility index (Phi) is 35.3. The van der Waals surface area contributed by atoms with Crippen LogP contribution < -0.4 is 0 Å². The Hall–Kier alpha value is -3.34. The predicted octanol–water partition coefficient (Wildman–Crippen LogP) is 9.54. The van der Waals surface area contributed by atoms with Crippen molar-refractivity contribution >= 4 is 11.9 Å². The van der Waals surface area contributed by atoms with Gasteiger partial charge in [0.2, 0.25) is 0 Å². The summed E-state index contributed by atoms with van der Waals surface area (Å²) in [6.07, 6.45) is 40.9. The molecule has 1 aliphatic heterocycles. The van der Waals surface area contributed by atoms with Gasteiger partial charge in [-0.3, -0.25) is 9.59 Å². The summed E-state index contributed by atoms with van der Waals surface area (Å²) in [6, 6.07) is 0. The van der Waals surface area contributed by atoms with Crippen LogP contribution in [0.5, 0.6) is 0 Å². The standard InChI is InChI=1S/C49H78O10/c1-3-5-7-9-11-13-15-17-19-20-21-22-24-26-28-30-32-34-36-38-45(52)58-42(41-57-49-48(55)47(54)46(53)43(39-50)59-49)40-56-44(51)37-35-33-31-29-27-25-23-18-16-14-12-10-8-6-4-2/h5,7,11,13,16-17,19,21-23,26,28,32,34,42-43,46-50,53-55H,3-4,6,8-10,12,14-15,20,24-25,27,29-31,33,35-41H2,1-2H3/b7-5+,13-11+,19-17+,22-21+,28-26+,34-32+/t18?,42-,43-,46+,47?,48?,49-/m1/s1. The van der Waals surface area contributed by atoms with Crippen molar-refractivity contribution in [2.24, 2.45) is 0 Å². The molecule has 0 spiro atoms. The fourth-order valence-corrected chi connectivity index (χ4v) is 6.01. The number of carbonyl (C=O) groups is 2. The van der Waals surface area contributed by atoms with Crippen molar-refractivity contribution in [1.29, 1.82) is 0 Å². The van der Waals surface area contributed by atoms with E-state index in [9.17, 15) is 30.0 Å². The summed E-state index contributed by atoms with van der Waals surface area (Å²) >= 11 is 0. The summed E-state index contributed by atoms with van der Waals surface area (Å²) in [5.74, 6) is -0.935. The molecule has 2 unspecified atom stereocenters. The van der Waals surface area contributed by atoms with Crippen molar-refractivity contribution < 1.29 is 49.0 Å². The number of aliphatic hydroxyl groups is 4. The van der Waals surface area contributed by atoms with Gasteiger partial charge >= 0.3 is 11.9 Å². The number of hydrogen-bond acceptors (Lipinski definition) is 10. The molecule has 10 nitrogen and oxygen atoms in total. The van der Waals surface area contributed by atoms with E-state index in [1.165, 1.54) is 32.1 Å². The first kappa shape index (κ1) is 53.7. The van der Waals surface area contributed by atoms with Gasteiger partial charge in [-0.15, -0.1) is 5.73 Å². The van der Waals surface area contributed by atoms with Crippen LogP contribution in [0.4, 0.5) is 0 Å². The van der Waals surface area contributed by atoms with Crippen LogP contribution in [0.25, 0.3) is 0 Å². The van der Waals surface area contributed by atoms with E-state index in [2.05, 4.69) is 92.5 Å². The molecule has 0 aromatic carbocycles. The number of hydrogen-bond donors (Lipinski definition) is 4. The van der Waals surface area contributed by atoms with Crippen molar-refractivity contribution in [1.82, 2.24) is 0 Å². The summed E-state index contributed by atoms with van der Waals surface area (Å²) in [6.45, 7) is 3.18. The normalized spacial score (nSPS) is 20.4. The number of rotatable bonds is 35. The molecule has 1 heterocycles. The number of aliphatic hydroxyl groups excluding tert-OH is 4. The lowest BCUT2D eigenvalue weighted by atomic mass is 9.99. The van der Waals surface area contributed by atoms with Crippen LogP contribution in [0, 0.1) is 0 Å². The van der Waals surface area contributed by atoms with Gasteiger partial charge in [-0.1, -0.05) is 132 Å². The third-order valence-corrected chi connectivity index (χ3v) is 9.55. The summed E-state index contributed by atoms with van der Waals surface area (Å²) in [7, 11) is 0. The van der Waals surface area contributed by atoms with Gasteiger partial charge in [0.1, 0.15) is 31.0 Å². The topological polar surface area (TPSA) is 152 Å². The zero-order valence-corrected chi connectivity index (χ0v) is 36.3. The van der Waals surface area contributed by atoms with Gasteiger partial charge in [0.05, 0.1) is 13.2 Å². The highest BCUT2D eigenvalue weighted by Crippen LogP contribution is 2.22. The van der Waals surface area contributed by atoms with Gasteiger partial charge in [-0.2, -0.15) is 0 Å². The molecule has 0 aliphatic carbocycles. The van der Waals surface area contributed by atoms with Gasteiger partial charge in [-0.25, -0.2) is 0 Å². The number of allylic oxidation sites excluding steroid dienone is 13. The van der Waals surface area contributed by atoms with Crippen molar-refractivity contribution in [3.8, 4) is 0 Å². The molecular formula is C49H78O10. The Bertz CT molecular complexity index is 1290. The van der Waals surface area contributed by atoms with E-state index in [1.54, 1.807) is 0 Å². The van der Waals surface area contributed by atoms with E-state index in [-0.39, 0.29) is 26.1 Å². The fourth-order valence-electron chi connectivity index (χ4n) is 6.01. The largest absolute Gasteiger partial charge is 0.462 e. The van der Waals surface area contributed by atoms with Crippen LogP contribution in [0.15, 0.2) is 90.8 Å². The molecule has 0 bridgehead atoms. The van der Waals surface area contributed by atoms with Crippen LogP contribution >= 0.6 is 0 Å². The van der Waals surface area contributed by atoms with E-state index >= 15 is 0 Å². The van der Waals surface area contributed by atoms with Crippen molar-refractivity contribution in [3.05, 3.63) is 90.8 Å². The third kappa shape index (κ3) is 30.4. The molecule has 6 atom stereocenters. The molecule has 0 amide bonds. The minimum Gasteiger partial charge on any atom is -0.462 e. The average molecular weight is 827 g/mol. The third-order valence-electron chi connectivity index (χ3n) is 9.55. The zero-order chi connectivity index (χ0) is 43.0. The lowest BCUT2D eigenvalue weighted by molar-refractivity contribution is -0.305. The highest BCUT2D eigenvalue weighted by atomic mass is 16.7. The fraction of sp³-hybridized carbons (Fsp3) is 0.653. The maximum Gasteiger partial charge on any atom is 0.306 e. The lowest BCUT2D eigenvalue weighted by Crippen LogP contribution is -2.59. The second-order valence-electron chi connectivity index (χ2n) is 14.9. The quantitative estimate of drug-likeness (QED) is 0.0210. The minimum atomic E-state index is -1.62. The molecule has 334 valence electrons. The number of esters is 2. The minimum absolute atomic E-state index is 0.0951. The number of unbranched alkanes of at least 4 members (excludes halogenated alkanes) is 10. The van der Waals surface area contributed by atoms with E-state index in [0.29, 0.717) is 12.8 Å². The highest BCUT2D eigenvalue weighted by molar-refractivity contribution is 5.70. The molecular weight excluding hydrogens is 749 g/mol. The van der Waals surface area contributed by atoms with Crippen LogP contribution in [-0.4, -0.2) is 89.0 Å². The molecule has 1 saturated heterocycles. The summed E-state index contributed by atoms with van der Waals surface area (Å²) in [5, 5.41) is 40.1. The van der Waals surface area contributed by atoms with Crippen LogP contribution in [0.2, 0.25) is 0 Å². The molecule has 1 aliphatic rings. The molecule has 1 fully saturated rings. The molecule has 0 radical (unpaired) electrons. The van der Waals surface area contributed by atoms with E-state index in [4.69, 9.17) is 18.9 Å². The number of ether oxygens (including phenoxy) is 4. The Morgan fingerprint density at radius 1 is 0.593 bits per heavy atom.